The number of pyridine rings is 1. The van der Waals surface area contributed by atoms with Crippen LogP contribution in [0.5, 0.6) is 0 Å². The van der Waals surface area contributed by atoms with Crippen molar-refractivity contribution in [2.75, 3.05) is 13.1 Å². The topological polar surface area (TPSA) is 38.1 Å². The van der Waals surface area contributed by atoms with Crippen LogP contribution in [-0.4, -0.2) is 39.4 Å². The summed E-state index contributed by atoms with van der Waals surface area (Å²) in [5, 5.41) is 0. The van der Waals surface area contributed by atoms with Gasteiger partial charge in [0, 0.05) is 18.0 Å². The number of hydrogen-bond acceptors (Lipinski definition) is 2. The highest BCUT2D eigenvalue weighted by Crippen LogP contribution is 2.28. The van der Waals surface area contributed by atoms with Crippen molar-refractivity contribution in [3.63, 3.8) is 0 Å². The van der Waals surface area contributed by atoms with Gasteiger partial charge in [0.1, 0.15) is 12.4 Å². The Kier molecular flexibility index (Phi) is 3.75. The zero-order chi connectivity index (χ0) is 18.5. The zero-order valence-electron chi connectivity index (χ0n) is 14.0. The summed E-state index contributed by atoms with van der Waals surface area (Å²) in [6, 6.07) is 8.18. The van der Waals surface area contributed by atoms with E-state index in [1.807, 2.05) is 13.0 Å². The molecule has 4 nitrogen and oxygen atoms in total. The van der Waals surface area contributed by atoms with Gasteiger partial charge in [0.25, 0.3) is 5.92 Å². The normalized spacial score (nSPS) is 15.9. The lowest BCUT2D eigenvalue weighted by Crippen LogP contribution is -2.59. The summed E-state index contributed by atoms with van der Waals surface area (Å²) < 4.78 is 40.9. The minimum Gasteiger partial charge on any atom is -0.337 e. The number of carbonyl (C=O) groups excluding carboxylic acids is 1. The molecule has 0 unspecified atom stereocenters. The van der Waals surface area contributed by atoms with Crippen LogP contribution in [0.1, 0.15) is 5.56 Å². The van der Waals surface area contributed by atoms with E-state index in [-0.39, 0.29) is 18.3 Å². The van der Waals surface area contributed by atoms with Gasteiger partial charge in [-0.15, -0.1) is 0 Å². The van der Waals surface area contributed by atoms with Crippen LogP contribution in [0.2, 0.25) is 0 Å². The van der Waals surface area contributed by atoms with Gasteiger partial charge in [0.2, 0.25) is 5.91 Å². The first kappa shape index (κ1) is 16.6. The highest BCUT2D eigenvalue weighted by atomic mass is 19.3. The van der Waals surface area contributed by atoms with E-state index in [9.17, 15) is 18.0 Å². The van der Waals surface area contributed by atoms with Gasteiger partial charge in [-0.25, -0.2) is 13.2 Å². The Morgan fingerprint density at radius 1 is 1.23 bits per heavy atom. The molecule has 1 aliphatic heterocycles. The smallest absolute Gasteiger partial charge is 0.282 e. The van der Waals surface area contributed by atoms with Crippen LogP contribution in [0.3, 0.4) is 0 Å². The molecule has 26 heavy (non-hydrogen) atoms. The van der Waals surface area contributed by atoms with Crippen LogP contribution in [-0.2, 0) is 11.3 Å². The second-order valence-corrected chi connectivity index (χ2v) is 6.64. The van der Waals surface area contributed by atoms with E-state index < -0.39 is 19.0 Å². The molecule has 0 radical (unpaired) electrons. The monoisotopic (exact) mass is 359 g/mol. The summed E-state index contributed by atoms with van der Waals surface area (Å²) in [6.45, 7) is 0.745. The van der Waals surface area contributed by atoms with Crippen molar-refractivity contribution in [1.82, 2.24) is 14.5 Å². The third-order valence-electron chi connectivity index (χ3n) is 4.62. The van der Waals surface area contributed by atoms with E-state index in [1.54, 1.807) is 29.1 Å². The van der Waals surface area contributed by atoms with Crippen molar-refractivity contribution in [3.05, 3.63) is 54.1 Å². The largest absolute Gasteiger partial charge is 0.337 e. The van der Waals surface area contributed by atoms with Crippen molar-refractivity contribution < 1.29 is 18.0 Å². The first-order valence-corrected chi connectivity index (χ1v) is 8.19. The number of hydrogen-bond donors (Lipinski definition) is 0. The number of alkyl halides is 2. The van der Waals surface area contributed by atoms with Gasteiger partial charge in [-0.2, -0.15) is 0 Å². The molecule has 0 saturated carbocycles. The molecule has 3 heterocycles. The molecule has 0 spiro atoms. The predicted molar refractivity (Wildman–Crippen MR) is 91.4 cm³/mol. The van der Waals surface area contributed by atoms with E-state index in [4.69, 9.17) is 0 Å². The fourth-order valence-electron chi connectivity index (χ4n) is 3.23. The summed E-state index contributed by atoms with van der Waals surface area (Å²) in [4.78, 5) is 17.7. The van der Waals surface area contributed by atoms with Gasteiger partial charge in [0.15, 0.2) is 0 Å². The molecule has 1 fully saturated rings. The summed E-state index contributed by atoms with van der Waals surface area (Å²) in [5.74, 6) is -3.43. The second-order valence-electron chi connectivity index (χ2n) is 6.64. The molecule has 3 aromatic rings. The predicted octanol–water partition coefficient (Wildman–Crippen LogP) is 3.63. The maximum Gasteiger partial charge on any atom is 0.282 e. The highest BCUT2D eigenvalue weighted by molar-refractivity contribution is 5.84. The molecule has 1 amide bonds. The van der Waals surface area contributed by atoms with Gasteiger partial charge in [-0.3, -0.25) is 9.78 Å². The molecule has 1 aliphatic rings. The fraction of sp³-hybridized carbons (Fsp3) is 0.263. The SMILES string of the molecule is Cc1cc(F)ccc1-c1cnc2ccn(CC(=O)N3CC(F)(F)C3)c2c1. The number of aryl methyl sites for hydroxylation is 1. The van der Waals surface area contributed by atoms with Gasteiger partial charge in [-0.1, -0.05) is 6.07 Å². The average molecular weight is 359 g/mol. The van der Waals surface area contributed by atoms with Crippen molar-refractivity contribution in [2.45, 2.75) is 19.4 Å². The molecule has 134 valence electrons. The first-order chi connectivity index (χ1) is 12.3. The third kappa shape index (κ3) is 2.94. The minimum atomic E-state index is -2.77. The second kappa shape index (κ2) is 5.86. The molecule has 1 aromatic carbocycles. The summed E-state index contributed by atoms with van der Waals surface area (Å²) in [7, 11) is 0. The molecular weight excluding hydrogens is 343 g/mol. The lowest BCUT2D eigenvalue weighted by molar-refractivity contribution is -0.166. The van der Waals surface area contributed by atoms with E-state index in [0.717, 1.165) is 27.1 Å². The standard InChI is InChI=1S/C19H16F3N3O/c1-12-6-14(20)2-3-15(12)13-7-17-16(23-8-13)4-5-24(17)9-18(26)25-10-19(21,22)11-25/h2-8H,9-11H2,1H3. The molecule has 0 bridgehead atoms. The van der Waals surface area contributed by atoms with Gasteiger partial charge < -0.3 is 9.47 Å². The molecule has 0 N–H and O–H groups in total. The van der Waals surface area contributed by atoms with Crippen LogP contribution >= 0.6 is 0 Å². The number of nitrogens with zero attached hydrogens (tertiary/aromatic N) is 3. The van der Waals surface area contributed by atoms with Crippen LogP contribution in [0, 0.1) is 12.7 Å². The quantitative estimate of drug-likeness (QED) is 0.716. The van der Waals surface area contributed by atoms with Crippen LogP contribution in [0.15, 0.2) is 42.7 Å². The average Bonchev–Trinajstić information content (AvgIpc) is 2.94. The molecule has 7 heteroatoms. The lowest BCUT2D eigenvalue weighted by atomic mass is 10.0. The number of benzene rings is 1. The number of aromatic nitrogens is 2. The highest BCUT2D eigenvalue weighted by Gasteiger charge is 2.46. The molecular formula is C19H16F3N3O. The Balaban J connectivity index is 1.64. The fourth-order valence-corrected chi connectivity index (χ4v) is 3.23. The van der Waals surface area contributed by atoms with Crippen LogP contribution in [0.25, 0.3) is 22.2 Å². The molecule has 2 aromatic heterocycles. The van der Waals surface area contributed by atoms with E-state index in [0.29, 0.717) is 5.52 Å². The number of halogens is 3. The Morgan fingerprint density at radius 2 is 2.00 bits per heavy atom. The number of likely N-dealkylation sites (tertiary alicyclic amines) is 1. The van der Waals surface area contributed by atoms with Crippen molar-refractivity contribution >= 4 is 16.9 Å². The Labute approximate surface area is 147 Å². The summed E-state index contributed by atoms with van der Waals surface area (Å²) >= 11 is 0. The van der Waals surface area contributed by atoms with Crippen molar-refractivity contribution in [2.24, 2.45) is 0 Å². The van der Waals surface area contributed by atoms with Gasteiger partial charge in [0.05, 0.1) is 24.1 Å². The third-order valence-corrected chi connectivity index (χ3v) is 4.62. The summed E-state index contributed by atoms with van der Waals surface area (Å²) in [5.41, 5.74) is 3.87. The van der Waals surface area contributed by atoms with E-state index in [1.165, 1.54) is 12.1 Å². The van der Waals surface area contributed by atoms with Gasteiger partial charge >= 0.3 is 0 Å². The maximum atomic E-state index is 13.3. The van der Waals surface area contributed by atoms with E-state index in [2.05, 4.69) is 4.98 Å². The van der Waals surface area contributed by atoms with Gasteiger partial charge in [-0.05, 0) is 42.3 Å². The summed E-state index contributed by atoms with van der Waals surface area (Å²) in [6.07, 6.45) is 3.42. The maximum absolute atomic E-state index is 13.3. The number of carbonyl (C=O) groups is 1. The van der Waals surface area contributed by atoms with Crippen molar-refractivity contribution in [3.8, 4) is 11.1 Å². The Bertz CT molecular complexity index is 1000. The van der Waals surface area contributed by atoms with Crippen molar-refractivity contribution in [1.29, 1.82) is 0 Å². The van der Waals surface area contributed by atoms with Crippen LogP contribution in [0.4, 0.5) is 13.2 Å². The van der Waals surface area contributed by atoms with E-state index >= 15 is 0 Å². The number of rotatable bonds is 3. The molecule has 0 aliphatic carbocycles. The molecule has 0 atom stereocenters. The lowest BCUT2D eigenvalue weighted by Gasteiger charge is -2.38. The Morgan fingerprint density at radius 3 is 2.69 bits per heavy atom. The number of fused-ring (bicyclic) bond motifs is 1. The Hall–Kier alpha value is -2.83. The minimum absolute atomic E-state index is 0.0207. The number of amides is 1. The van der Waals surface area contributed by atoms with Crippen LogP contribution < -0.4 is 0 Å². The zero-order valence-corrected chi connectivity index (χ0v) is 14.0. The first-order valence-electron chi connectivity index (χ1n) is 8.19. The molecule has 1 saturated heterocycles. The molecule has 4 rings (SSSR count).